The van der Waals surface area contributed by atoms with Gasteiger partial charge in [-0.05, 0) is 57.0 Å². The van der Waals surface area contributed by atoms with Gasteiger partial charge in [0.05, 0.1) is 5.69 Å². The number of rotatable bonds is 10. The number of carbonyl (C=O) groups is 2. The number of halogens is 1. The summed E-state index contributed by atoms with van der Waals surface area (Å²) in [5, 5.41) is 2.92. The van der Waals surface area contributed by atoms with Crippen LogP contribution < -0.4 is 9.62 Å². The first-order chi connectivity index (χ1) is 16.3. The normalized spacial score (nSPS) is 12.8. The maximum Gasteiger partial charge on any atom is 0.304 e. The summed E-state index contributed by atoms with van der Waals surface area (Å²) in [6.07, 6.45) is 0.331. The Morgan fingerprint density at radius 3 is 2.06 bits per heavy atom. The summed E-state index contributed by atoms with van der Waals surface area (Å²) in [4.78, 5) is 28.2. The van der Waals surface area contributed by atoms with E-state index in [1.54, 1.807) is 6.92 Å². The third-order valence-electron chi connectivity index (χ3n) is 5.21. The number of anilines is 1. The van der Waals surface area contributed by atoms with Crippen LogP contribution in [-0.4, -0.2) is 61.7 Å². The van der Waals surface area contributed by atoms with E-state index in [4.69, 9.17) is 0 Å². The second kappa shape index (κ2) is 11.6. The lowest BCUT2D eigenvalue weighted by Crippen LogP contribution is -2.55. The molecule has 0 bridgehead atoms. The van der Waals surface area contributed by atoms with Gasteiger partial charge < -0.3 is 10.2 Å². The van der Waals surface area contributed by atoms with Crippen molar-refractivity contribution in [3.63, 3.8) is 0 Å². The zero-order valence-electron chi connectivity index (χ0n) is 21.2. The molecular weight excluding hydrogens is 471 g/mol. The molecule has 0 spiro atoms. The van der Waals surface area contributed by atoms with Crippen LogP contribution in [0.1, 0.15) is 39.7 Å². The molecule has 1 atom stereocenters. The highest BCUT2D eigenvalue weighted by Gasteiger charge is 2.34. The minimum atomic E-state index is -4.09. The second-order valence-corrected chi connectivity index (χ2v) is 11.5. The molecule has 0 saturated carbocycles. The largest absolute Gasteiger partial charge is 0.350 e. The van der Waals surface area contributed by atoms with Crippen LogP contribution >= 0.6 is 0 Å². The topological polar surface area (TPSA) is 90.0 Å². The summed E-state index contributed by atoms with van der Waals surface area (Å²) < 4.78 is 41.6. The summed E-state index contributed by atoms with van der Waals surface area (Å²) in [5.41, 5.74) is 0.423. The van der Waals surface area contributed by atoms with E-state index in [1.807, 2.05) is 51.1 Å². The van der Waals surface area contributed by atoms with E-state index in [9.17, 15) is 22.4 Å². The number of benzene rings is 2. The second-order valence-electron chi connectivity index (χ2n) is 9.44. The molecule has 0 radical (unpaired) electrons. The van der Waals surface area contributed by atoms with Gasteiger partial charge in [0.1, 0.15) is 18.4 Å². The molecule has 1 unspecified atom stereocenters. The number of nitrogens with one attached hydrogen (secondary N) is 1. The monoisotopic (exact) mass is 506 g/mol. The molecule has 0 aliphatic carbocycles. The van der Waals surface area contributed by atoms with Crippen molar-refractivity contribution in [3.05, 3.63) is 66.0 Å². The molecule has 0 saturated heterocycles. The number of amides is 2. The first-order valence-electron chi connectivity index (χ1n) is 11.4. The Bertz CT molecular complexity index is 1100. The van der Waals surface area contributed by atoms with Crippen molar-refractivity contribution in [2.24, 2.45) is 0 Å². The summed E-state index contributed by atoms with van der Waals surface area (Å²) in [6, 6.07) is 13.2. The number of nitrogens with zero attached hydrogens (tertiary/aromatic N) is 3. The third-order valence-corrected chi connectivity index (χ3v) is 7.03. The molecule has 192 valence electrons. The van der Waals surface area contributed by atoms with E-state index in [-0.39, 0.29) is 18.1 Å². The maximum absolute atomic E-state index is 13.7. The molecule has 2 aromatic carbocycles. The number of hydrogen-bond acceptors (Lipinski definition) is 4. The van der Waals surface area contributed by atoms with Gasteiger partial charge in [-0.15, -0.1) is 0 Å². The third kappa shape index (κ3) is 7.76. The minimum Gasteiger partial charge on any atom is -0.350 e. The highest BCUT2D eigenvalue weighted by Crippen LogP contribution is 2.22. The molecule has 0 aromatic heterocycles. The van der Waals surface area contributed by atoms with Crippen molar-refractivity contribution < 1.29 is 22.4 Å². The van der Waals surface area contributed by atoms with Crippen LogP contribution in [0, 0.1) is 5.82 Å². The van der Waals surface area contributed by atoms with Crippen molar-refractivity contribution in [2.45, 2.75) is 52.2 Å². The summed E-state index contributed by atoms with van der Waals surface area (Å²) in [5.74, 6) is -1.41. The first kappa shape index (κ1) is 28.3. The highest BCUT2D eigenvalue weighted by molar-refractivity contribution is 7.90. The Balaban J connectivity index is 2.49. The van der Waals surface area contributed by atoms with Crippen LogP contribution in [-0.2, 0) is 26.3 Å². The van der Waals surface area contributed by atoms with Crippen molar-refractivity contribution in [1.82, 2.24) is 14.5 Å². The van der Waals surface area contributed by atoms with Gasteiger partial charge in [-0.1, -0.05) is 37.3 Å². The van der Waals surface area contributed by atoms with E-state index >= 15 is 0 Å². The molecule has 2 aromatic rings. The van der Waals surface area contributed by atoms with Gasteiger partial charge in [-0.25, -0.2) is 8.70 Å². The fraction of sp³-hybridized carbons (Fsp3) is 0.440. The van der Waals surface area contributed by atoms with Gasteiger partial charge in [0.15, 0.2) is 0 Å². The quantitative estimate of drug-likeness (QED) is 0.536. The molecule has 35 heavy (non-hydrogen) atoms. The molecule has 2 rings (SSSR count). The lowest BCUT2D eigenvalue weighted by Gasteiger charge is -2.35. The van der Waals surface area contributed by atoms with Crippen molar-refractivity contribution in [1.29, 1.82) is 0 Å². The lowest BCUT2D eigenvalue weighted by atomic mass is 10.1. The highest BCUT2D eigenvalue weighted by atomic mass is 32.2. The standard InChI is InChI=1S/C25H35FN4O4S/c1-7-22(24(32)27-25(2,3)4)29(17-19-11-9-8-10-12-19)23(31)18-30(35(33,34)28(5)6)21-15-13-20(26)14-16-21/h8-16,22H,7,17-18H2,1-6H3,(H,27,32). The Hall–Kier alpha value is -2.98. The van der Waals surface area contributed by atoms with Crippen molar-refractivity contribution >= 4 is 27.7 Å². The molecule has 2 amide bonds. The molecule has 8 nitrogen and oxygen atoms in total. The Morgan fingerprint density at radius 2 is 1.57 bits per heavy atom. The van der Waals surface area contributed by atoms with Gasteiger partial charge in [-0.3, -0.25) is 9.59 Å². The summed E-state index contributed by atoms with van der Waals surface area (Å²) in [7, 11) is -1.39. The average molecular weight is 507 g/mol. The van der Waals surface area contributed by atoms with Gasteiger partial charge in [-0.2, -0.15) is 12.7 Å². The minimum absolute atomic E-state index is 0.120. The Kier molecular flexibility index (Phi) is 9.39. The number of carbonyl (C=O) groups excluding carboxylic acids is 2. The first-order valence-corrected chi connectivity index (χ1v) is 12.8. The van der Waals surface area contributed by atoms with Crippen LogP contribution in [0.15, 0.2) is 54.6 Å². The van der Waals surface area contributed by atoms with Crippen LogP contribution in [0.4, 0.5) is 10.1 Å². The Morgan fingerprint density at radius 1 is 1.00 bits per heavy atom. The molecular formula is C25H35FN4O4S. The summed E-state index contributed by atoms with van der Waals surface area (Å²) >= 11 is 0. The predicted octanol–water partition coefficient (Wildman–Crippen LogP) is 3.16. The zero-order valence-corrected chi connectivity index (χ0v) is 22.0. The fourth-order valence-electron chi connectivity index (χ4n) is 3.48. The van der Waals surface area contributed by atoms with Crippen LogP contribution in [0.2, 0.25) is 0 Å². The van der Waals surface area contributed by atoms with E-state index in [1.165, 1.54) is 31.1 Å². The van der Waals surface area contributed by atoms with Crippen molar-refractivity contribution in [3.8, 4) is 0 Å². The molecule has 0 aliphatic rings. The fourth-order valence-corrected chi connectivity index (χ4v) is 4.53. The smallest absolute Gasteiger partial charge is 0.304 e. The van der Waals surface area contributed by atoms with E-state index < -0.39 is 40.1 Å². The van der Waals surface area contributed by atoms with Gasteiger partial charge in [0, 0.05) is 26.2 Å². The zero-order chi connectivity index (χ0) is 26.4. The van der Waals surface area contributed by atoms with Crippen LogP contribution in [0.3, 0.4) is 0 Å². The van der Waals surface area contributed by atoms with E-state index in [2.05, 4.69) is 5.32 Å². The average Bonchev–Trinajstić information content (AvgIpc) is 2.77. The predicted molar refractivity (Wildman–Crippen MR) is 135 cm³/mol. The van der Waals surface area contributed by atoms with Gasteiger partial charge >= 0.3 is 10.2 Å². The summed E-state index contributed by atoms with van der Waals surface area (Å²) in [6.45, 7) is 6.91. The van der Waals surface area contributed by atoms with E-state index in [0.717, 1.165) is 26.3 Å². The molecule has 0 heterocycles. The Labute approximate surface area is 207 Å². The van der Waals surface area contributed by atoms with Gasteiger partial charge in [0.25, 0.3) is 0 Å². The van der Waals surface area contributed by atoms with Crippen LogP contribution in [0.5, 0.6) is 0 Å². The van der Waals surface area contributed by atoms with Gasteiger partial charge in [0.2, 0.25) is 11.8 Å². The number of hydrogen-bond donors (Lipinski definition) is 1. The SMILES string of the molecule is CCC(C(=O)NC(C)(C)C)N(Cc1ccccc1)C(=O)CN(c1ccc(F)cc1)S(=O)(=O)N(C)C. The maximum atomic E-state index is 13.7. The molecule has 0 aliphatic heterocycles. The van der Waals surface area contributed by atoms with E-state index in [0.29, 0.717) is 6.42 Å². The molecule has 0 fully saturated rings. The van der Waals surface area contributed by atoms with Crippen LogP contribution in [0.25, 0.3) is 0 Å². The molecule has 10 heteroatoms. The van der Waals surface area contributed by atoms with Crippen molar-refractivity contribution in [2.75, 3.05) is 24.9 Å². The molecule has 1 N–H and O–H groups in total. The lowest BCUT2D eigenvalue weighted by molar-refractivity contribution is -0.141.